The Hall–Kier alpha value is -3.91. The predicted octanol–water partition coefficient (Wildman–Crippen LogP) is 4.09. The fraction of sp³-hybridized carbons (Fsp3) is 0.345. The second-order valence-corrected chi connectivity index (χ2v) is 9.37. The lowest BCUT2D eigenvalue weighted by Gasteiger charge is -2.28. The van der Waals surface area contributed by atoms with Crippen LogP contribution in [0.5, 0.6) is 0 Å². The number of carbonyl (C=O) groups excluding carboxylic acids is 2. The molecule has 0 bridgehead atoms. The highest BCUT2D eigenvalue weighted by Crippen LogP contribution is 2.25. The summed E-state index contributed by atoms with van der Waals surface area (Å²) in [5, 5.41) is 23.8. The molecule has 3 aromatic carbocycles. The molecule has 2 unspecified atom stereocenters. The van der Waals surface area contributed by atoms with Gasteiger partial charge in [0, 0.05) is 13.0 Å². The lowest BCUT2D eigenvalue weighted by Crippen LogP contribution is -2.52. The topological polar surface area (TPSA) is 116 Å². The summed E-state index contributed by atoms with van der Waals surface area (Å²) >= 11 is 0. The third-order valence-electron chi connectivity index (χ3n) is 5.90. The van der Waals surface area contributed by atoms with Crippen LogP contribution < -0.4 is 5.32 Å². The first-order chi connectivity index (χ1) is 17.7. The summed E-state index contributed by atoms with van der Waals surface area (Å²) in [5.74, 6) is -1.98. The summed E-state index contributed by atoms with van der Waals surface area (Å²) in [5.41, 5.74) is 2.92. The number of carbonyl (C=O) groups is 3. The maximum atomic E-state index is 13.0. The minimum absolute atomic E-state index is 0.0236. The number of aliphatic carboxylic acids is 1. The van der Waals surface area contributed by atoms with Gasteiger partial charge in [-0.1, -0.05) is 74.5 Å². The van der Waals surface area contributed by atoms with Crippen molar-refractivity contribution in [2.45, 2.75) is 39.3 Å². The van der Waals surface area contributed by atoms with Crippen LogP contribution in [0.2, 0.25) is 0 Å². The van der Waals surface area contributed by atoms with Gasteiger partial charge in [0.1, 0.15) is 6.04 Å². The number of rotatable bonds is 11. The van der Waals surface area contributed by atoms with Crippen molar-refractivity contribution in [1.82, 2.24) is 10.2 Å². The average molecular weight is 507 g/mol. The Morgan fingerprint density at radius 1 is 0.919 bits per heavy atom. The van der Waals surface area contributed by atoms with E-state index >= 15 is 0 Å². The minimum atomic E-state index is -1.73. The van der Waals surface area contributed by atoms with Gasteiger partial charge in [-0.2, -0.15) is 0 Å². The lowest BCUT2D eigenvalue weighted by molar-refractivity contribution is -0.148. The molecule has 3 rings (SSSR count). The molecule has 37 heavy (non-hydrogen) atoms. The van der Waals surface area contributed by atoms with Crippen molar-refractivity contribution in [3.63, 3.8) is 0 Å². The highest BCUT2D eigenvalue weighted by atomic mass is 16.5. The highest BCUT2D eigenvalue weighted by molar-refractivity contribution is 5.87. The number of esters is 1. The Kier molecular flexibility index (Phi) is 9.63. The molecule has 0 aliphatic heterocycles. The third-order valence-corrected chi connectivity index (χ3v) is 5.90. The monoisotopic (exact) mass is 506 g/mol. The molecule has 3 N–H and O–H groups in total. The van der Waals surface area contributed by atoms with E-state index in [2.05, 4.69) is 35.6 Å². The van der Waals surface area contributed by atoms with Crippen LogP contribution in [0.15, 0.2) is 66.7 Å². The molecule has 0 fully saturated rings. The number of aliphatic hydroxyl groups excluding tert-OH is 1. The molecular formula is C29H34N2O6. The van der Waals surface area contributed by atoms with Crippen molar-refractivity contribution >= 4 is 28.7 Å². The van der Waals surface area contributed by atoms with E-state index in [9.17, 15) is 19.5 Å². The van der Waals surface area contributed by atoms with E-state index in [1.54, 1.807) is 6.92 Å². The Bertz CT molecular complexity index is 1220. The number of nitrogens with zero attached hydrogens (tertiary/aromatic N) is 1. The normalized spacial score (nSPS) is 12.7. The number of aliphatic hydroxyl groups is 1. The van der Waals surface area contributed by atoms with Crippen LogP contribution in [-0.4, -0.2) is 64.9 Å². The van der Waals surface area contributed by atoms with Gasteiger partial charge in [-0.15, -0.1) is 0 Å². The summed E-state index contributed by atoms with van der Waals surface area (Å²) in [7, 11) is 0. The SMILES string of the molecule is CCOC(=O)C(Cc1ccc(-c2ccc3ccccc3c2)cc1)NC(=O)N(CC(C)C)CC(O)C(=O)O. The number of amides is 2. The quantitative estimate of drug-likeness (QED) is 0.337. The number of hydrogen-bond donors (Lipinski definition) is 3. The van der Waals surface area contributed by atoms with E-state index in [1.807, 2.05) is 50.2 Å². The van der Waals surface area contributed by atoms with E-state index in [0.29, 0.717) is 0 Å². The largest absolute Gasteiger partial charge is 0.479 e. The first-order valence-electron chi connectivity index (χ1n) is 12.4. The number of carboxylic acid groups (broad SMARTS) is 1. The highest BCUT2D eigenvalue weighted by Gasteiger charge is 2.28. The summed E-state index contributed by atoms with van der Waals surface area (Å²) < 4.78 is 5.18. The molecule has 8 heteroatoms. The molecule has 2 atom stereocenters. The van der Waals surface area contributed by atoms with Gasteiger partial charge in [0.05, 0.1) is 13.2 Å². The molecule has 3 aromatic rings. The summed E-state index contributed by atoms with van der Waals surface area (Å²) in [6.45, 7) is 5.39. The van der Waals surface area contributed by atoms with Crippen molar-refractivity contribution in [2.75, 3.05) is 19.7 Å². The van der Waals surface area contributed by atoms with Crippen molar-refractivity contribution < 1.29 is 29.3 Å². The van der Waals surface area contributed by atoms with Gasteiger partial charge >= 0.3 is 18.0 Å². The Balaban J connectivity index is 1.76. The van der Waals surface area contributed by atoms with Gasteiger partial charge in [0.15, 0.2) is 6.10 Å². The number of urea groups is 1. The molecule has 0 saturated heterocycles. The fourth-order valence-corrected chi connectivity index (χ4v) is 4.08. The van der Waals surface area contributed by atoms with E-state index in [-0.39, 0.29) is 25.5 Å². The van der Waals surface area contributed by atoms with E-state index < -0.39 is 36.7 Å². The number of ether oxygens (including phenoxy) is 1. The molecule has 0 saturated carbocycles. The molecule has 0 aliphatic rings. The number of hydrogen-bond acceptors (Lipinski definition) is 5. The molecule has 196 valence electrons. The predicted molar refractivity (Wildman–Crippen MR) is 142 cm³/mol. The van der Waals surface area contributed by atoms with Gasteiger partial charge in [-0.3, -0.25) is 0 Å². The van der Waals surface area contributed by atoms with Crippen LogP contribution >= 0.6 is 0 Å². The number of fused-ring (bicyclic) bond motifs is 1. The van der Waals surface area contributed by atoms with E-state index in [1.165, 1.54) is 10.3 Å². The molecule has 0 aliphatic carbocycles. The van der Waals surface area contributed by atoms with Crippen LogP contribution in [0.3, 0.4) is 0 Å². The van der Waals surface area contributed by atoms with Crippen LogP contribution in [0.1, 0.15) is 26.3 Å². The molecule has 0 heterocycles. The fourth-order valence-electron chi connectivity index (χ4n) is 4.08. The second kappa shape index (κ2) is 12.9. The first kappa shape index (κ1) is 27.7. The first-order valence-corrected chi connectivity index (χ1v) is 12.4. The zero-order valence-electron chi connectivity index (χ0n) is 21.4. The Morgan fingerprint density at radius 3 is 2.19 bits per heavy atom. The number of carboxylic acids is 1. The maximum Gasteiger partial charge on any atom is 0.334 e. The van der Waals surface area contributed by atoms with Crippen LogP contribution in [0.4, 0.5) is 4.79 Å². The van der Waals surface area contributed by atoms with Crippen molar-refractivity contribution in [1.29, 1.82) is 0 Å². The van der Waals surface area contributed by atoms with Crippen LogP contribution in [-0.2, 0) is 20.7 Å². The smallest absolute Gasteiger partial charge is 0.334 e. The maximum absolute atomic E-state index is 13.0. The molecule has 0 aromatic heterocycles. The second-order valence-electron chi connectivity index (χ2n) is 9.37. The van der Waals surface area contributed by atoms with Gasteiger partial charge in [0.25, 0.3) is 0 Å². The van der Waals surface area contributed by atoms with Gasteiger partial charge in [0.2, 0.25) is 0 Å². The average Bonchev–Trinajstić information content (AvgIpc) is 2.87. The molecule has 8 nitrogen and oxygen atoms in total. The van der Waals surface area contributed by atoms with Gasteiger partial charge in [-0.25, -0.2) is 14.4 Å². The molecular weight excluding hydrogens is 472 g/mol. The zero-order chi connectivity index (χ0) is 26.9. The van der Waals surface area contributed by atoms with Crippen molar-refractivity contribution in [2.24, 2.45) is 5.92 Å². The van der Waals surface area contributed by atoms with Crippen LogP contribution in [0.25, 0.3) is 21.9 Å². The number of nitrogens with one attached hydrogen (secondary N) is 1. The van der Waals surface area contributed by atoms with Crippen LogP contribution in [0, 0.1) is 5.92 Å². The molecule has 0 radical (unpaired) electrons. The molecule has 2 amide bonds. The summed E-state index contributed by atoms with van der Waals surface area (Å²) in [4.78, 5) is 38.0. The van der Waals surface area contributed by atoms with E-state index in [4.69, 9.17) is 9.84 Å². The molecule has 0 spiro atoms. The van der Waals surface area contributed by atoms with Crippen molar-refractivity contribution in [3.05, 3.63) is 72.3 Å². The summed E-state index contributed by atoms with van der Waals surface area (Å²) in [6, 6.07) is 20.5. The van der Waals surface area contributed by atoms with Crippen molar-refractivity contribution in [3.8, 4) is 11.1 Å². The lowest BCUT2D eigenvalue weighted by atomic mass is 9.98. The Labute approximate surface area is 216 Å². The Morgan fingerprint density at radius 2 is 1.57 bits per heavy atom. The summed E-state index contributed by atoms with van der Waals surface area (Å²) in [6.07, 6.45) is -1.53. The van der Waals surface area contributed by atoms with Gasteiger partial charge < -0.3 is 25.2 Å². The zero-order valence-corrected chi connectivity index (χ0v) is 21.4. The van der Waals surface area contributed by atoms with Gasteiger partial charge in [-0.05, 0) is 46.4 Å². The van der Waals surface area contributed by atoms with E-state index in [0.717, 1.165) is 22.1 Å². The number of benzene rings is 3. The third kappa shape index (κ3) is 7.79. The minimum Gasteiger partial charge on any atom is -0.479 e. The standard InChI is InChI=1S/C29H34N2O6/c1-4-37-28(35)25(30-29(36)31(17-19(2)3)18-26(32)27(33)34)15-20-9-11-22(12-10-20)24-14-13-21-7-5-6-8-23(21)16-24/h5-14,16,19,25-26,32H,4,15,17-18H2,1-3H3,(H,30,36)(H,33,34).